The number of hydrogen-bond acceptors (Lipinski definition) is 5. The molecule has 174 valence electrons. The van der Waals surface area contributed by atoms with Crippen molar-refractivity contribution < 1.29 is 4.74 Å². The first-order valence-corrected chi connectivity index (χ1v) is 12.8. The minimum absolute atomic E-state index is 0.522. The summed E-state index contributed by atoms with van der Waals surface area (Å²) in [6.45, 7) is 9.24. The molecular formula is C25H48N4O. The molecule has 0 aromatic carbocycles. The van der Waals surface area contributed by atoms with E-state index in [-0.39, 0.29) is 0 Å². The van der Waals surface area contributed by atoms with Gasteiger partial charge in [0.1, 0.15) is 0 Å². The van der Waals surface area contributed by atoms with Crippen molar-refractivity contribution in [2.45, 2.75) is 69.6 Å². The lowest BCUT2D eigenvalue weighted by atomic mass is 9.78. The van der Waals surface area contributed by atoms with Crippen LogP contribution in [0.5, 0.6) is 0 Å². The molecule has 4 fully saturated rings. The van der Waals surface area contributed by atoms with Crippen LogP contribution in [0.1, 0.15) is 51.4 Å². The zero-order valence-corrected chi connectivity index (χ0v) is 20.3. The Kier molecular flexibility index (Phi) is 8.13. The number of hydrogen-bond donors (Lipinski definition) is 0. The number of rotatable bonds is 9. The fourth-order valence-corrected chi connectivity index (χ4v) is 6.37. The lowest BCUT2D eigenvalue weighted by Crippen LogP contribution is -2.50. The van der Waals surface area contributed by atoms with Gasteiger partial charge in [0.05, 0.1) is 6.10 Å². The third-order valence-electron chi connectivity index (χ3n) is 9.01. The fraction of sp³-hybridized carbons (Fsp3) is 1.00. The maximum Gasteiger partial charge on any atom is 0.0601 e. The molecule has 2 aliphatic heterocycles. The van der Waals surface area contributed by atoms with Gasteiger partial charge in [-0.05, 0) is 116 Å². The second-order valence-electron chi connectivity index (χ2n) is 11.3. The van der Waals surface area contributed by atoms with Gasteiger partial charge < -0.3 is 24.3 Å². The number of ether oxygens (including phenoxy) is 1. The molecule has 5 heteroatoms. The smallest absolute Gasteiger partial charge is 0.0601 e. The molecule has 30 heavy (non-hydrogen) atoms. The standard InChI is InChI=1S/C25H48N4O/c1-26-9-5-20(6-10-26)17-27(2)23-13-22(14-23)19-29-11-7-21(8-12-29)18-28(3)24-15-25(16-24)30-4/h20-25H,5-19H2,1-4H3. The average Bonchev–Trinajstić information content (AvgIpc) is 2.66. The van der Waals surface area contributed by atoms with Gasteiger partial charge >= 0.3 is 0 Å². The summed E-state index contributed by atoms with van der Waals surface area (Å²) in [5.74, 6) is 2.79. The lowest BCUT2D eigenvalue weighted by molar-refractivity contribution is -0.0260. The summed E-state index contributed by atoms with van der Waals surface area (Å²) in [5, 5.41) is 0. The molecule has 0 spiro atoms. The predicted octanol–water partition coefficient (Wildman–Crippen LogP) is 2.86. The predicted molar refractivity (Wildman–Crippen MR) is 125 cm³/mol. The van der Waals surface area contributed by atoms with Crippen LogP contribution in [-0.4, -0.2) is 112 Å². The first-order chi connectivity index (χ1) is 14.5. The SMILES string of the molecule is COC1CC(N(C)CC2CCN(CC3CC(N(C)CC4CCN(C)CC4)C3)CC2)C1. The zero-order valence-electron chi connectivity index (χ0n) is 20.3. The van der Waals surface area contributed by atoms with Crippen LogP contribution < -0.4 is 0 Å². The molecule has 5 nitrogen and oxygen atoms in total. The number of piperidine rings is 2. The molecule has 2 heterocycles. The van der Waals surface area contributed by atoms with Gasteiger partial charge in [0.2, 0.25) is 0 Å². The van der Waals surface area contributed by atoms with Gasteiger partial charge in [-0.25, -0.2) is 0 Å². The molecule has 4 aliphatic rings. The van der Waals surface area contributed by atoms with Crippen LogP contribution in [0.2, 0.25) is 0 Å². The van der Waals surface area contributed by atoms with Crippen molar-refractivity contribution in [1.82, 2.24) is 19.6 Å². The third-order valence-corrected chi connectivity index (χ3v) is 9.01. The topological polar surface area (TPSA) is 22.2 Å². The monoisotopic (exact) mass is 420 g/mol. The summed E-state index contributed by atoms with van der Waals surface area (Å²) < 4.78 is 5.45. The van der Waals surface area contributed by atoms with Crippen LogP contribution >= 0.6 is 0 Å². The third kappa shape index (κ3) is 5.98. The van der Waals surface area contributed by atoms with Crippen molar-refractivity contribution in [2.24, 2.45) is 17.8 Å². The highest BCUT2D eigenvalue weighted by Gasteiger charge is 2.36. The second-order valence-corrected chi connectivity index (χ2v) is 11.3. The van der Waals surface area contributed by atoms with Crippen LogP contribution in [0, 0.1) is 17.8 Å². The molecule has 2 saturated carbocycles. The average molecular weight is 421 g/mol. The molecule has 0 unspecified atom stereocenters. The van der Waals surface area contributed by atoms with Gasteiger partial charge in [0, 0.05) is 38.8 Å². The second kappa shape index (κ2) is 10.6. The first-order valence-electron chi connectivity index (χ1n) is 12.8. The van der Waals surface area contributed by atoms with Crippen molar-refractivity contribution in [3.05, 3.63) is 0 Å². The molecule has 0 bridgehead atoms. The van der Waals surface area contributed by atoms with Gasteiger partial charge in [-0.3, -0.25) is 0 Å². The Morgan fingerprint density at radius 2 is 1.23 bits per heavy atom. The summed E-state index contributed by atoms with van der Waals surface area (Å²) in [6.07, 6.45) is 11.5. The molecule has 0 radical (unpaired) electrons. The Labute approximate surface area is 186 Å². The van der Waals surface area contributed by atoms with Crippen molar-refractivity contribution in [1.29, 1.82) is 0 Å². The molecule has 0 atom stereocenters. The van der Waals surface area contributed by atoms with Crippen LogP contribution in [0.4, 0.5) is 0 Å². The normalized spacial score (nSPS) is 35.0. The van der Waals surface area contributed by atoms with Gasteiger partial charge in [-0.1, -0.05) is 0 Å². The Hall–Kier alpha value is -0.200. The van der Waals surface area contributed by atoms with E-state index in [1.54, 1.807) is 0 Å². The summed E-state index contributed by atoms with van der Waals surface area (Å²) in [7, 11) is 8.84. The quantitative estimate of drug-likeness (QED) is 0.570. The Bertz CT molecular complexity index is 503. The molecule has 0 amide bonds. The maximum absolute atomic E-state index is 5.45. The summed E-state index contributed by atoms with van der Waals surface area (Å²) >= 11 is 0. The molecule has 2 aliphatic carbocycles. The molecule has 2 saturated heterocycles. The highest BCUT2D eigenvalue weighted by molar-refractivity contribution is 4.91. The fourth-order valence-electron chi connectivity index (χ4n) is 6.37. The first kappa shape index (κ1) is 23.0. The van der Waals surface area contributed by atoms with Crippen LogP contribution in [0.25, 0.3) is 0 Å². The van der Waals surface area contributed by atoms with Crippen LogP contribution in [-0.2, 0) is 4.74 Å². The highest BCUT2D eigenvalue weighted by Crippen LogP contribution is 2.34. The van der Waals surface area contributed by atoms with Crippen molar-refractivity contribution in [3.8, 4) is 0 Å². The number of likely N-dealkylation sites (tertiary alicyclic amines) is 2. The van der Waals surface area contributed by atoms with E-state index in [4.69, 9.17) is 4.74 Å². The molecule has 0 N–H and O–H groups in total. The number of nitrogens with zero attached hydrogens (tertiary/aromatic N) is 4. The van der Waals surface area contributed by atoms with E-state index in [1.807, 2.05) is 7.11 Å². The van der Waals surface area contributed by atoms with Crippen molar-refractivity contribution >= 4 is 0 Å². The Balaban J connectivity index is 1.06. The molecule has 0 aromatic heterocycles. The van der Waals surface area contributed by atoms with E-state index in [0.717, 1.165) is 29.8 Å². The van der Waals surface area contributed by atoms with Crippen molar-refractivity contribution in [3.63, 3.8) is 0 Å². The summed E-state index contributed by atoms with van der Waals surface area (Å²) in [6, 6.07) is 1.63. The molecule has 4 rings (SSSR count). The van der Waals surface area contributed by atoms with Gasteiger partial charge in [0.25, 0.3) is 0 Å². The number of methoxy groups -OCH3 is 1. The Morgan fingerprint density at radius 1 is 0.733 bits per heavy atom. The van der Waals surface area contributed by atoms with Gasteiger partial charge in [-0.15, -0.1) is 0 Å². The molecule has 0 aromatic rings. The van der Waals surface area contributed by atoms with E-state index >= 15 is 0 Å². The van der Waals surface area contributed by atoms with Crippen molar-refractivity contribution in [2.75, 3.05) is 74.1 Å². The maximum atomic E-state index is 5.45. The van der Waals surface area contributed by atoms with E-state index in [9.17, 15) is 0 Å². The van der Waals surface area contributed by atoms with E-state index in [2.05, 4.69) is 40.7 Å². The summed E-state index contributed by atoms with van der Waals surface area (Å²) in [5.41, 5.74) is 0. The minimum atomic E-state index is 0.522. The lowest BCUT2D eigenvalue weighted by Gasteiger charge is -2.46. The van der Waals surface area contributed by atoms with Crippen LogP contribution in [0.3, 0.4) is 0 Å². The van der Waals surface area contributed by atoms with Gasteiger partial charge in [-0.2, -0.15) is 0 Å². The van der Waals surface area contributed by atoms with E-state index in [0.29, 0.717) is 6.10 Å². The summed E-state index contributed by atoms with van der Waals surface area (Å²) in [4.78, 5) is 10.6. The Morgan fingerprint density at radius 3 is 1.77 bits per heavy atom. The van der Waals surface area contributed by atoms with Crippen LogP contribution in [0.15, 0.2) is 0 Å². The largest absolute Gasteiger partial charge is 0.381 e. The van der Waals surface area contributed by atoms with E-state index in [1.165, 1.54) is 97.2 Å². The van der Waals surface area contributed by atoms with E-state index < -0.39 is 0 Å². The minimum Gasteiger partial charge on any atom is -0.381 e. The highest BCUT2D eigenvalue weighted by atomic mass is 16.5. The van der Waals surface area contributed by atoms with Gasteiger partial charge in [0.15, 0.2) is 0 Å². The zero-order chi connectivity index (χ0) is 21.1. The molecular weight excluding hydrogens is 372 g/mol.